The minimum Gasteiger partial charge on any atom is -0.316 e. The molecule has 0 spiro atoms. The topological polar surface area (TPSA) is 12.0 Å². The third kappa shape index (κ3) is 2.87. The maximum Gasteiger partial charge on any atom is 0.0270 e. The van der Waals surface area contributed by atoms with Crippen molar-refractivity contribution in [1.82, 2.24) is 5.32 Å². The molecular formula is C9H13NS. The summed E-state index contributed by atoms with van der Waals surface area (Å²) >= 11 is 1.82. The Morgan fingerprint density at radius 3 is 2.91 bits per heavy atom. The van der Waals surface area contributed by atoms with E-state index in [9.17, 15) is 0 Å². The first kappa shape index (κ1) is 8.50. The smallest absolute Gasteiger partial charge is 0.0270 e. The van der Waals surface area contributed by atoms with Crippen LogP contribution < -0.4 is 5.32 Å². The van der Waals surface area contributed by atoms with E-state index in [1.54, 1.807) is 0 Å². The molecular weight excluding hydrogens is 154 g/mol. The monoisotopic (exact) mass is 167 g/mol. The molecule has 0 bridgehead atoms. The fourth-order valence-corrected chi connectivity index (χ4v) is 1.64. The van der Waals surface area contributed by atoms with Crippen molar-refractivity contribution in [3.63, 3.8) is 0 Å². The molecule has 0 unspecified atom stereocenters. The lowest BCUT2D eigenvalue weighted by Crippen LogP contribution is -2.03. The van der Waals surface area contributed by atoms with Gasteiger partial charge in [0.1, 0.15) is 0 Å². The predicted octanol–water partition coefficient (Wildman–Crippen LogP) is 2.29. The van der Waals surface area contributed by atoms with Gasteiger partial charge in [0, 0.05) is 16.3 Å². The lowest BCUT2D eigenvalue weighted by Gasteiger charge is -1.86. The number of likely N-dealkylation sites (N-methyl/N-ethyl adjacent to an activating group) is 1. The van der Waals surface area contributed by atoms with Gasteiger partial charge in [0.25, 0.3) is 0 Å². The summed E-state index contributed by atoms with van der Waals surface area (Å²) in [5.74, 6) is 0. The van der Waals surface area contributed by atoms with Crippen LogP contribution in [0.1, 0.15) is 9.75 Å². The molecule has 0 saturated heterocycles. The second-order valence-electron chi connectivity index (χ2n) is 2.41. The Morgan fingerprint density at radius 1 is 1.55 bits per heavy atom. The molecule has 0 saturated carbocycles. The summed E-state index contributed by atoms with van der Waals surface area (Å²) in [7, 11) is 1.95. The van der Waals surface area contributed by atoms with Gasteiger partial charge in [-0.2, -0.15) is 0 Å². The number of aryl methyl sites for hydroxylation is 1. The first-order valence-corrected chi connectivity index (χ1v) is 4.52. The highest BCUT2D eigenvalue weighted by atomic mass is 32.1. The van der Waals surface area contributed by atoms with Gasteiger partial charge < -0.3 is 5.32 Å². The second kappa shape index (κ2) is 4.31. The Labute approximate surface area is 71.8 Å². The molecule has 60 valence electrons. The summed E-state index contributed by atoms with van der Waals surface area (Å²) in [6.45, 7) is 3.07. The molecule has 0 atom stereocenters. The first-order chi connectivity index (χ1) is 5.33. The lowest BCUT2D eigenvalue weighted by atomic mass is 10.4. The molecule has 0 aliphatic heterocycles. The number of nitrogens with one attached hydrogen (secondary N) is 1. The molecule has 1 N–H and O–H groups in total. The zero-order valence-electron chi connectivity index (χ0n) is 6.92. The van der Waals surface area contributed by atoms with Gasteiger partial charge in [-0.15, -0.1) is 11.3 Å². The Kier molecular flexibility index (Phi) is 3.33. The molecule has 11 heavy (non-hydrogen) atoms. The Morgan fingerprint density at radius 2 is 2.36 bits per heavy atom. The van der Waals surface area contributed by atoms with Gasteiger partial charge in [-0.05, 0) is 32.2 Å². The van der Waals surface area contributed by atoms with Crippen LogP contribution in [0.4, 0.5) is 0 Å². The molecule has 2 heteroatoms. The number of hydrogen-bond acceptors (Lipinski definition) is 2. The minimum atomic E-state index is 0.941. The van der Waals surface area contributed by atoms with Gasteiger partial charge in [-0.1, -0.05) is 6.08 Å². The van der Waals surface area contributed by atoms with Gasteiger partial charge in [0.15, 0.2) is 0 Å². The quantitative estimate of drug-likeness (QED) is 0.728. The Hall–Kier alpha value is -0.600. The molecule has 0 aromatic carbocycles. The van der Waals surface area contributed by atoms with E-state index in [0.29, 0.717) is 0 Å². The van der Waals surface area contributed by atoms with Crippen LogP contribution in [0.3, 0.4) is 0 Å². The highest BCUT2D eigenvalue weighted by Gasteiger charge is 1.88. The normalized spacial score (nSPS) is 11.1. The standard InChI is InChI=1S/C9H13NS/c1-8-5-6-9(11-8)4-3-7-10-2/h3-6,10H,7H2,1-2H3. The van der Waals surface area contributed by atoms with E-state index in [0.717, 1.165) is 6.54 Å². The van der Waals surface area contributed by atoms with Crippen molar-refractivity contribution in [2.24, 2.45) is 0 Å². The highest BCUT2D eigenvalue weighted by molar-refractivity contribution is 7.12. The summed E-state index contributed by atoms with van der Waals surface area (Å²) in [6, 6.07) is 4.29. The second-order valence-corrected chi connectivity index (χ2v) is 3.73. The van der Waals surface area contributed by atoms with E-state index < -0.39 is 0 Å². The number of hydrogen-bond donors (Lipinski definition) is 1. The van der Waals surface area contributed by atoms with E-state index in [1.165, 1.54) is 9.75 Å². The summed E-state index contributed by atoms with van der Waals surface area (Å²) in [5.41, 5.74) is 0. The fraction of sp³-hybridized carbons (Fsp3) is 0.333. The van der Waals surface area contributed by atoms with Crippen LogP contribution in [0.25, 0.3) is 6.08 Å². The lowest BCUT2D eigenvalue weighted by molar-refractivity contribution is 0.922. The van der Waals surface area contributed by atoms with E-state index in [1.807, 2.05) is 18.4 Å². The average molecular weight is 167 g/mol. The van der Waals surface area contributed by atoms with Crippen LogP contribution in [0.2, 0.25) is 0 Å². The average Bonchev–Trinajstić information content (AvgIpc) is 2.37. The number of thiophene rings is 1. The third-order valence-electron chi connectivity index (χ3n) is 1.37. The zero-order chi connectivity index (χ0) is 8.10. The molecule has 0 aliphatic rings. The van der Waals surface area contributed by atoms with Crippen LogP contribution in [-0.4, -0.2) is 13.6 Å². The van der Waals surface area contributed by atoms with Gasteiger partial charge in [-0.25, -0.2) is 0 Å². The van der Waals surface area contributed by atoms with Crippen LogP contribution in [0, 0.1) is 6.92 Å². The Balaban J connectivity index is 2.50. The molecule has 0 fully saturated rings. The van der Waals surface area contributed by atoms with E-state index in [2.05, 4.69) is 36.5 Å². The predicted molar refractivity (Wildman–Crippen MR) is 52.0 cm³/mol. The van der Waals surface area contributed by atoms with Gasteiger partial charge >= 0.3 is 0 Å². The van der Waals surface area contributed by atoms with Crippen molar-refractivity contribution in [2.75, 3.05) is 13.6 Å². The van der Waals surface area contributed by atoms with Crippen LogP contribution in [0.15, 0.2) is 18.2 Å². The van der Waals surface area contributed by atoms with Gasteiger partial charge in [-0.3, -0.25) is 0 Å². The van der Waals surface area contributed by atoms with Crippen LogP contribution in [-0.2, 0) is 0 Å². The fourth-order valence-electron chi connectivity index (χ4n) is 0.836. The molecule has 0 aliphatic carbocycles. The molecule has 1 aromatic rings. The van der Waals surface area contributed by atoms with Crippen molar-refractivity contribution < 1.29 is 0 Å². The summed E-state index contributed by atoms with van der Waals surface area (Å²) in [5, 5.41) is 3.06. The maximum absolute atomic E-state index is 3.06. The largest absolute Gasteiger partial charge is 0.316 e. The van der Waals surface area contributed by atoms with Crippen molar-refractivity contribution in [2.45, 2.75) is 6.92 Å². The summed E-state index contributed by atoms with van der Waals surface area (Å²) in [4.78, 5) is 2.70. The van der Waals surface area contributed by atoms with E-state index in [4.69, 9.17) is 0 Å². The van der Waals surface area contributed by atoms with Gasteiger partial charge in [0.05, 0.1) is 0 Å². The molecule has 1 nitrogen and oxygen atoms in total. The highest BCUT2D eigenvalue weighted by Crippen LogP contribution is 2.15. The molecule has 1 heterocycles. The SMILES string of the molecule is CNCC=Cc1ccc(C)s1. The summed E-state index contributed by atoms with van der Waals surface area (Å²) < 4.78 is 0. The van der Waals surface area contributed by atoms with Crippen molar-refractivity contribution in [3.05, 3.63) is 28.0 Å². The maximum atomic E-state index is 3.06. The molecule has 0 radical (unpaired) electrons. The van der Waals surface area contributed by atoms with Crippen LogP contribution >= 0.6 is 11.3 Å². The third-order valence-corrected chi connectivity index (χ3v) is 2.33. The van der Waals surface area contributed by atoms with E-state index >= 15 is 0 Å². The minimum absolute atomic E-state index is 0.941. The van der Waals surface area contributed by atoms with Crippen molar-refractivity contribution >= 4 is 17.4 Å². The van der Waals surface area contributed by atoms with Crippen molar-refractivity contribution in [1.29, 1.82) is 0 Å². The Bertz CT molecular complexity index is 237. The van der Waals surface area contributed by atoms with Gasteiger partial charge in [0.2, 0.25) is 0 Å². The summed E-state index contributed by atoms with van der Waals surface area (Å²) in [6.07, 6.45) is 4.28. The zero-order valence-corrected chi connectivity index (χ0v) is 7.74. The molecule has 0 amide bonds. The van der Waals surface area contributed by atoms with Crippen LogP contribution in [0.5, 0.6) is 0 Å². The van der Waals surface area contributed by atoms with E-state index in [-0.39, 0.29) is 0 Å². The molecule has 1 rings (SSSR count). The number of rotatable bonds is 3. The first-order valence-electron chi connectivity index (χ1n) is 3.70. The van der Waals surface area contributed by atoms with Crippen molar-refractivity contribution in [3.8, 4) is 0 Å². The molecule has 1 aromatic heterocycles.